The van der Waals surface area contributed by atoms with Crippen molar-refractivity contribution >= 4 is 29.3 Å². The number of esters is 1. The molecule has 2 N–H and O–H groups in total. The fraction of sp³-hybridized carbons (Fsp3) is 0.273. The lowest BCUT2D eigenvalue weighted by molar-refractivity contribution is -0.155. The van der Waals surface area contributed by atoms with Crippen LogP contribution in [0.3, 0.4) is 0 Å². The first-order valence-electron chi connectivity index (χ1n) is 9.36. The van der Waals surface area contributed by atoms with Crippen LogP contribution in [0.4, 0.5) is 5.69 Å². The van der Waals surface area contributed by atoms with E-state index in [0.717, 1.165) is 0 Å². The Bertz CT molecular complexity index is 896. The summed E-state index contributed by atoms with van der Waals surface area (Å²) < 4.78 is 10.4. The van der Waals surface area contributed by atoms with Crippen LogP contribution >= 0.6 is 0 Å². The number of ether oxygens (including phenoxy) is 2. The van der Waals surface area contributed by atoms with Crippen LogP contribution in [-0.4, -0.2) is 42.3 Å². The fourth-order valence-electron chi connectivity index (χ4n) is 2.37. The van der Waals surface area contributed by atoms with Crippen LogP contribution in [-0.2, 0) is 19.1 Å². The van der Waals surface area contributed by atoms with Crippen molar-refractivity contribution in [3.05, 3.63) is 60.2 Å². The molecule has 0 radical (unpaired) electrons. The fourth-order valence-corrected chi connectivity index (χ4v) is 2.37. The average molecular weight is 412 g/mol. The molecule has 8 nitrogen and oxygen atoms in total. The second-order valence-electron chi connectivity index (χ2n) is 6.59. The Labute approximate surface area is 174 Å². The van der Waals surface area contributed by atoms with Gasteiger partial charge in [0.1, 0.15) is 11.8 Å². The average Bonchev–Trinajstić information content (AvgIpc) is 2.73. The third-order valence-corrected chi connectivity index (χ3v) is 4.07. The van der Waals surface area contributed by atoms with Crippen LogP contribution in [0.1, 0.15) is 31.1 Å². The lowest BCUT2D eigenvalue weighted by atomic mass is 10.1. The number of para-hydroxylation sites is 1. The van der Waals surface area contributed by atoms with E-state index in [1.54, 1.807) is 48.5 Å². The van der Waals surface area contributed by atoms with Crippen LogP contribution in [0.5, 0.6) is 5.75 Å². The van der Waals surface area contributed by atoms with Crippen LogP contribution in [0.2, 0.25) is 0 Å². The predicted octanol–water partition coefficient (Wildman–Crippen LogP) is 2.34. The summed E-state index contributed by atoms with van der Waals surface area (Å²) in [5, 5.41) is 5.06. The van der Waals surface area contributed by atoms with E-state index in [-0.39, 0.29) is 12.4 Å². The third kappa shape index (κ3) is 7.05. The van der Waals surface area contributed by atoms with Gasteiger partial charge in [0.25, 0.3) is 11.8 Å². The van der Waals surface area contributed by atoms with Gasteiger partial charge in [-0.25, -0.2) is 4.79 Å². The first-order valence-corrected chi connectivity index (χ1v) is 9.36. The number of carbonyl (C=O) groups excluding carboxylic acids is 4. The van der Waals surface area contributed by atoms with E-state index in [9.17, 15) is 19.2 Å². The summed E-state index contributed by atoms with van der Waals surface area (Å²) in [5.74, 6) is -1.33. The number of Topliss-reactive ketones (excluding diaryl/α,β-unsaturated/α-hetero) is 1. The van der Waals surface area contributed by atoms with E-state index in [4.69, 9.17) is 9.47 Å². The van der Waals surface area contributed by atoms with E-state index in [1.165, 1.54) is 20.8 Å². The number of benzene rings is 2. The predicted molar refractivity (Wildman–Crippen MR) is 110 cm³/mol. The monoisotopic (exact) mass is 412 g/mol. The van der Waals surface area contributed by atoms with Crippen molar-refractivity contribution in [2.45, 2.75) is 32.9 Å². The lowest BCUT2D eigenvalue weighted by Gasteiger charge is -2.17. The number of nitrogens with one attached hydrogen (secondary N) is 2. The van der Waals surface area contributed by atoms with Gasteiger partial charge in [0.15, 0.2) is 18.5 Å². The van der Waals surface area contributed by atoms with Gasteiger partial charge in [-0.15, -0.1) is 0 Å². The highest BCUT2D eigenvalue weighted by molar-refractivity contribution is 5.97. The number of rotatable bonds is 9. The zero-order chi connectivity index (χ0) is 22.1. The molecule has 2 aromatic rings. The quantitative estimate of drug-likeness (QED) is 0.483. The summed E-state index contributed by atoms with van der Waals surface area (Å²) in [6, 6.07) is 14.2. The molecular weight excluding hydrogens is 388 g/mol. The molecule has 0 aromatic heterocycles. The number of anilines is 1. The molecule has 2 aromatic carbocycles. The Hall–Kier alpha value is -3.68. The van der Waals surface area contributed by atoms with Crippen molar-refractivity contribution in [2.24, 2.45) is 0 Å². The van der Waals surface area contributed by atoms with Crippen molar-refractivity contribution in [1.82, 2.24) is 5.32 Å². The Morgan fingerprint density at radius 2 is 1.57 bits per heavy atom. The van der Waals surface area contributed by atoms with E-state index < -0.39 is 29.9 Å². The number of carbonyl (C=O) groups is 4. The van der Waals surface area contributed by atoms with Crippen molar-refractivity contribution in [3.63, 3.8) is 0 Å². The second-order valence-corrected chi connectivity index (χ2v) is 6.59. The van der Waals surface area contributed by atoms with Gasteiger partial charge in [0.05, 0.1) is 0 Å². The van der Waals surface area contributed by atoms with Gasteiger partial charge in [-0.05, 0) is 57.2 Å². The molecule has 0 aliphatic carbocycles. The van der Waals surface area contributed by atoms with Crippen LogP contribution in [0.25, 0.3) is 0 Å². The van der Waals surface area contributed by atoms with Gasteiger partial charge in [-0.2, -0.15) is 0 Å². The maximum atomic E-state index is 12.2. The molecule has 0 saturated heterocycles. The topological polar surface area (TPSA) is 111 Å². The third-order valence-electron chi connectivity index (χ3n) is 4.07. The van der Waals surface area contributed by atoms with Crippen molar-refractivity contribution in [1.29, 1.82) is 0 Å². The molecule has 0 unspecified atom stereocenters. The van der Waals surface area contributed by atoms with Crippen molar-refractivity contribution in [3.8, 4) is 5.75 Å². The zero-order valence-electron chi connectivity index (χ0n) is 17.0. The van der Waals surface area contributed by atoms with E-state index >= 15 is 0 Å². The molecule has 0 bridgehead atoms. The molecule has 2 amide bonds. The summed E-state index contributed by atoms with van der Waals surface area (Å²) >= 11 is 0. The summed E-state index contributed by atoms with van der Waals surface area (Å²) in [6.07, 6.45) is -1.08. The Balaban J connectivity index is 1.78. The Morgan fingerprint density at radius 3 is 2.17 bits per heavy atom. The van der Waals surface area contributed by atoms with Crippen LogP contribution in [0, 0.1) is 0 Å². The van der Waals surface area contributed by atoms with E-state index in [1.807, 2.05) is 6.07 Å². The van der Waals surface area contributed by atoms with Gasteiger partial charge < -0.3 is 20.1 Å². The molecule has 0 aliphatic rings. The molecule has 8 heteroatoms. The summed E-state index contributed by atoms with van der Waals surface area (Å²) in [6.45, 7) is 4.06. The lowest BCUT2D eigenvalue weighted by Crippen LogP contribution is -2.44. The minimum Gasteiger partial charge on any atom is -0.484 e. The van der Waals surface area contributed by atoms with E-state index in [2.05, 4.69) is 10.6 Å². The largest absolute Gasteiger partial charge is 0.484 e. The number of amides is 2. The van der Waals surface area contributed by atoms with Crippen LogP contribution < -0.4 is 15.4 Å². The highest BCUT2D eigenvalue weighted by atomic mass is 16.5. The summed E-state index contributed by atoms with van der Waals surface area (Å²) in [4.78, 5) is 47.6. The Kier molecular flexibility index (Phi) is 8.10. The molecule has 0 saturated carbocycles. The molecule has 2 rings (SSSR count). The molecule has 0 spiro atoms. The van der Waals surface area contributed by atoms with Gasteiger partial charge >= 0.3 is 5.97 Å². The molecule has 0 aliphatic heterocycles. The standard InChI is InChI=1S/C22H24N2O6/c1-14(23-20(26)13-29-19-7-5-4-6-8-19)22(28)30-16(3)21(27)24-18-11-9-17(10-12-18)15(2)25/h4-12,14,16H,13H2,1-3H3,(H,23,26)(H,24,27)/t14-,16-/m0/s1. The molecule has 2 atom stereocenters. The highest BCUT2D eigenvalue weighted by Crippen LogP contribution is 2.11. The minimum absolute atomic E-state index is 0.0830. The molecule has 30 heavy (non-hydrogen) atoms. The minimum atomic E-state index is -1.08. The maximum Gasteiger partial charge on any atom is 0.329 e. The number of ketones is 1. The summed E-state index contributed by atoms with van der Waals surface area (Å²) in [5.41, 5.74) is 0.987. The molecular formula is C22H24N2O6. The zero-order valence-corrected chi connectivity index (χ0v) is 17.0. The molecule has 158 valence electrons. The Morgan fingerprint density at radius 1 is 0.933 bits per heavy atom. The molecule has 0 fully saturated rings. The first kappa shape index (κ1) is 22.6. The van der Waals surface area contributed by atoms with Gasteiger partial charge in [0.2, 0.25) is 0 Å². The summed E-state index contributed by atoms with van der Waals surface area (Å²) in [7, 11) is 0. The normalized spacial score (nSPS) is 12.2. The number of hydrogen-bond acceptors (Lipinski definition) is 6. The van der Waals surface area contributed by atoms with Crippen molar-refractivity contribution in [2.75, 3.05) is 11.9 Å². The van der Waals surface area contributed by atoms with Gasteiger partial charge in [-0.1, -0.05) is 18.2 Å². The SMILES string of the molecule is CC(=O)c1ccc(NC(=O)[C@H](C)OC(=O)[C@H](C)NC(=O)COc2ccccc2)cc1. The maximum absolute atomic E-state index is 12.2. The first-order chi connectivity index (χ1) is 14.3. The van der Waals surface area contributed by atoms with E-state index in [0.29, 0.717) is 17.0 Å². The van der Waals surface area contributed by atoms with Crippen molar-refractivity contribution < 1.29 is 28.7 Å². The van der Waals surface area contributed by atoms with Crippen LogP contribution in [0.15, 0.2) is 54.6 Å². The smallest absolute Gasteiger partial charge is 0.329 e. The van der Waals surface area contributed by atoms with Gasteiger partial charge in [-0.3, -0.25) is 14.4 Å². The highest BCUT2D eigenvalue weighted by Gasteiger charge is 2.23. The second kappa shape index (κ2) is 10.8. The molecule has 0 heterocycles. The number of hydrogen-bond donors (Lipinski definition) is 2. The van der Waals surface area contributed by atoms with Gasteiger partial charge in [0, 0.05) is 11.3 Å².